The number of methoxy groups -OCH3 is 1. The van der Waals surface area contributed by atoms with Crippen LogP contribution in [0, 0.1) is 5.92 Å². The van der Waals surface area contributed by atoms with Crippen LogP contribution < -0.4 is 5.32 Å². The number of nitrogens with one attached hydrogen (secondary N) is 1. The first-order valence-corrected chi connectivity index (χ1v) is 15.8. The molecule has 6 nitrogen and oxygen atoms in total. The van der Waals surface area contributed by atoms with E-state index >= 15 is 0 Å². The summed E-state index contributed by atoms with van der Waals surface area (Å²) in [5.74, 6) is 0.719. The highest BCUT2D eigenvalue weighted by molar-refractivity contribution is 6.31. The van der Waals surface area contributed by atoms with Crippen LogP contribution >= 0.6 is 11.6 Å². The molecule has 0 radical (unpaired) electrons. The molecule has 0 aliphatic carbocycles. The topological polar surface area (TPSA) is 75.7 Å². The van der Waals surface area contributed by atoms with Crippen molar-refractivity contribution in [3.8, 4) is 0 Å². The van der Waals surface area contributed by atoms with Crippen molar-refractivity contribution in [2.75, 3.05) is 26.8 Å². The van der Waals surface area contributed by atoms with Crippen molar-refractivity contribution in [1.82, 2.24) is 10.2 Å². The van der Waals surface area contributed by atoms with Crippen molar-refractivity contribution in [1.29, 1.82) is 0 Å². The molecule has 1 heterocycles. The van der Waals surface area contributed by atoms with Crippen molar-refractivity contribution in [2.45, 2.75) is 99.0 Å². The van der Waals surface area contributed by atoms with E-state index in [0.29, 0.717) is 10.6 Å². The van der Waals surface area contributed by atoms with Crippen LogP contribution in [0.2, 0.25) is 5.02 Å². The third-order valence-corrected chi connectivity index (χ3v) is 6.74. The Bertz CT molecular complexity index is 983. The highest BCUT2D eigenvalue weighted by atomic mass is 35.5. The summed E-state index contributed by atoms with van der Waals surface area (Å²) in [6.45, 7) is 13.7. The summed E-state index contributed by atoms with van der Waals surface area (Å²) < 4.78 is 5.09. The Morgan fingerprint density at radius 2 is 1.48 bits per heavy atom. The van der Waals surface area contributed by atoms with Gasteiger partial charge < -0.3 is 19.7 Å². The largest absolute Gasteiger partial charge is 0.382 e. The summed E-state index contributed by atoms with van der Waals surface area (Å²) in [5, 5.41) is 3.23. The molecule has 1 unspecified atom stereocenters. The van der Waals surface area contributed by atoms with E-state index in [1.54, 1.807) is 29.2 Å². The number of rotatable bonds is 10. The summed E-state index contributed by atoms with van der Waals surface area (Å²) in [7, 11) is 1.52. The Hall–Kier alpha value is -2.70. The minimum Gasteiger partial charge on any atom is -0.382 e. The number of Topliss-reactive ketones (excluding diaryl/α,β-unsaturated/α-hetero) is 1. The zero-order valence-electron chi connectivity index (χ0n) is 27.1. The smallest absolute Gasteiger partial charge is 0.252 e. The number of likely N-dealkylation sites (tertiary alicyclic amines) is 1. The average molecular weight is 603 g/mol. The number of carbonyl (C=O) groups excluding carboxylic acids is 3. The molecule has 2 aromatic rings. The maximum Gasteiger partial charge on any atom is 0.252 e. The molecule has 1 aliphatic heterocycles. The number of nitrogens with zero attached hydrogens (tertiary/aromatic N) is 1. The predicted molar refractivity (Wildman–Crippen MR) is 176 cm³/mol. The molecular formula is C35H55ClN2O4. The summed E-state index contributed by atoms with van der Waals surface area (Å²) >= 11 is 5.89. The van der Waals surface area contributed by atoms with Gasteiger partial charge >= 0.3 is 0 Å². The Labute approximate surface area is 260 Å². The third-order valence-electron chi connectivity index (χ3n) is 6.51. The Balaban J connectivity index is 0.000000685. The number of amides is 2. The van der Waals surface area contributed by atoms with Gasteiger partial charge in [0.05, 0.1) is 6.61 Å². The first kappa shape index (κ1) is 39.3. The summed E-state index contributed by atoms with van der Waals surface area (Å²) in [6, 6.07) is 16.4. The van der Waals surface area contributed by atoms with Gasteiger partial charge in [0.2, 0.25) is 5.91 Å². The van der Waals surface area contributed by atoms with E-state index in [9.17, 15) is 14.4 Å². The SMILES string of the molecule is CC(C)=O.CCCC(C)CCC.CCc1ccccc1.COCC(NC(=O)c1cccc(Cl)c1)C(=O)N1CCCCC1. The number of ether oxygens (including phenoxy) is 1. The van der Waals surface area contributed by atoms with Crippen LogP contribution in [0.4, 0.5) is 0 Å². The van der Waals surface area contributed by atoms with Gasteiger partial charge in [-0.1, -0.05) is 101 Å². The van der Waals surface area contributed by atoms with Crippen LogP contribution in [0.5, 0.6) is 0 Å². The van der Waals surface area contributed by atoms with E-state index in [2.05, 4.69) is 57.3 Å². The number of ketones is 1. The fraction of sp³-hybridized carbons (Fsp3) is 0.571. The lowest BCUT2D eigenvalue weighted by molar-refractivity contribution is -0.135. The van der Waals surface area contributed by atoms with Crippen LogP contribution in [0.3, 0.4) is 0 Å². The first-order valence-electron chi connectivity index (χ1n) is 15.4. The van der Waals surface area contributed by atoms with Crippen molar-refractivity contribution < 1.29 is 19.1 Å². The molecule has 1 N–H and O–H groups in total. The standard InChI is InChI=1S/C16H21ClN2O3.C8H10.C8H18.C3H6O/c1-22-11-14(16(21)19-8-3-2-4-9-19)18-15(20)12-6-5-7-13(17)10-12;1-2-8-6-4-3-5-7-8;1-4-6-8(3)7-5-2;1-3(2)4/h5-7,10,14H,2-4,8-9,11H2,1H3,(H,18,20);3-7H,2H2,1H3;8H,4-7H2,1-3H3;1-2H3. The number of aryl methyl sites for hydroxylation is 1. The lowest BCUT2D eigenvalue weighted by Gasteiger charge is -2.30. The highest BCUT2D eigenvalue weighted by Gasteiger charge is 2.27. The van der Waals surface area contributed by atoms with Crippen LogP contribution in [0.1, 0.15) is 102 Å². The van der Waals surface area contributed by atoms with Crippen LogP contribution in [-0.2, 0) is 20.7 Å². The number of benzene rings is 2. The van der Waals surface area contributed by atoms with Gasteiger partial charge in [-0.15, -0.1) is 0 Å². The van der Waals surface area contributed by atoms with Crippen molar-refractivity contribution in [3.05, 3.63) is 70.7 Å². The molecule has 0 aromatic heterocycles. The first-order chi connectivity index (χ1) is 20.1. The van der Waals surface area contributed by atoms with Crippen molar-refractivity contribution in [2.24, 2.45) is 5.92 Å². The quantitative estimate of drug-likeness (QED) is 0.298. The predicted octanol–water partition coefficient (Wildman–Crippen LogP) is 8.16. The van der Waals surface area contributed by atoms with E-state index in [1.165, 1.54) is 52.2 Å². The molecule has 0 bridgehead atoms. The second-order valence-electron chi connectivity index (χ2n) is 10.8. The number of carbonyl (C=O) groups is 3. The van der Waals surface area contributed by atoms with Gasteiger partial charge in [0.25, 0.3) is 5.91 Å². The molecule has 1 fully saturated rings. The highest BCUT2D eigenvalue weighted by Crippen LogP contribution is 2.13. The molecule has 42 heavy (non-hydrogen) atoms. The molecule has 2 amide bonds. The van der Waals surface area contributed by atoms with Gasteiger partial charge in [-0.25, -0.2) is 0 Å². The van der Waals surface area contributed by atoms with Crippen molar-refractivity contribution >= 4 is 29.2 Å². The van der Waals surface area contributed by atoms with E-state index in [0.717, 1.165) is 44.7 Å². The molecule has 7 heteroatoms. The van der Waals surface area contributed by atoms with E-state index in [4.69, 9.17) is 16.3 Å². The van der Waals surface area contributed by atoms with Crippen LogP contribution in [-0.4, -0.2) is 55.3 Å². The number of hydrogen-bond acceptors (Lipinski definition) is 4. The molecule has 0 spiro atoms. The molecule has 236 valence electrons. The van der Waals surface area contributed by atoms with E-state index in [1.807, 2.05) is 6.07 Å². The Morgan fingerprint density at radius 3 is 1.93 bits per heavy atom. The molecule has 0 saturated carbocycles. The molecule has 1 saturated heterocycles. The van der Waals surface area contributed by atoms with E-state index < -0.39 is 6.04 Å². The normalized spacial score (nSPS) is 12.8. The maximum absolute atomic E-state index is 12.5. The number of hydrogen-bond donors (Lipinski definition) is 1. The van der Waals surface area contributed by atoms with Gasteiger partial charge in [0, 0.05) is 30.8 Å². The number of halogens is 1. The Kier molecular flexibility index (Phi) is 23.3. The summed E-state index contributed by atoms with van der Waals surface area (Å²) in [4.78, 5) is 36.0. The lowest BCUT2D eigenvalue weighted by atomic mass is 10.0. The fourth-order valence-electron chi connectivity index (χ4n) is 4.39. The summed E-state index contributed by atoms with van der Waals surface area (Å²) in [5.41, 5.74) is 1.84. The molecule has 1 aliphatic rings. The minimum absolute atomic E-state index is 0.0862. The average Bonchev–Trinajstić information content (AvgIpc) is 2.98. The lowest BCUT2D eigenvalue weighted by Crippen LogP contribution is -2.52. The second kappa shape index (κ2) is 24.9. The molecular weight excluding hydrogens is 548 g/mol. The summed E-state index contributed by atoms with van der Waals surface area (Å²) in [6.07, 6.45) is 9.82. The van der Waals surface area contributed by atoms with Gasteiger partial charge in [-0.05, 0) is 69.2 Å². The molecule has 2 aromatic carbocycles. The third kappa shape index (κ3) is 19.4. The monoisotopic (exact) mass is 602 g/mol. The van der Waals surface area contributed by atoms with Gasteiger partial charge in [-0.2, -0.15) is 0 Å². The zero-order chi connectivity index (χ0) is 31.8. The van der Waals surface area contributed by atoms with Crippen LogP contribution in [0.15, 0.2) is 54.6 Å². The fourth-order valence-corrected chi connectivity index (χ4v) is 4.58. The van der Waals surface area contributed by atoms with Gasteiger partial charge in [0.1, 0.15) is 11.8 Å². The second-order valence-corrected chi connectivity index (χ2v) is 11.2. The minimum atomic E-state index is -0.672. The molecule has 1 atom stereocenters. The van der Waals surface area contributed by atoms with E-state index in [-0.39, 0.29) is 24.2 Å². The van der Waals surface area contributed by atoms with Gasteiger partial charge in [-0.3, -0.25) is 9.59 Å². The maximum atomic E-state index is 12.5. The van der Waals surface area contributed by atoms with Crippen LogP contribution in [0.25, 0.3) is 0 Å². The molecule has 3 rings (SSSR count). The van der Waals surface area contributed by atoms with Crippen molar-refractivity contribution in [3.63, 3.8) is 0 Å². The Morgan fingerprint density at radius 1 is 0.905 bits per heavy atom. The van der Waals surface area contributed by atoms with Gasteiger partial charge in [0.15, 0.2) is 0 Å². The number of piperidine rings is 1. The zero-order valence-corrected chi connectivity index (χ0v) is 27.8.